The molecule has 3 nitrogen and oxygen atoms in total. The van der Waals surface area contributed by atoms with Crippen molar-refractivity contribution in [3.8, 4) is 5.75 Å². The van der Waals surface area contributed by atoms with Gasteiger partial charge in [-0.3, -0.25) is 0 Å². The van der Waals surface area contributed by atoms with Crippen LogP contribution in [-0.2, 0) is 11.4 Å². The lowest BCUT2D eigenvalue weighted by Crippen LogP contribution is -1.93. The summed E-state index contributed by atoms with van der Waals surface area (Å²) < 4.78 is 7.56. The Morgan fingerprint density at radius 1 is 1.35 bits per heavy atom. The van der Waals surface area contributed by atoms with E-state index in [1.807, 2.05) is 23.6 Å². The molecule has 0 radical (unpaired) electrons. The minimum atomic E-state index is -0.980. The second-order valence-corrected chi connectivity index (χ2v) is 6.64. The summed E-state index contributed by atoms with van der Waals surface area (Å²) in [5.41, 5.74) is 0.761. The number of halogens is 2. The molecule has 1 N–H and O–H groups in total. The van der Waals surface area contributed by atoms with Crippen LogP contribution in [0.4, 0.5) is 0 Å². The maximum absolute atomic E-state index is 10.5. The van der Waals surface area contributed by atoms with Crippen LogP contribution in [0.1, 0.15) is 10.4 Å². The SMILES string of the molecule is O=C(O)/C=C/c1cc(OCc2cc(Br)cs2)ccc1Br. The van der Waals surface area contributed by atoms with Crippen molar-refractivity contribution in [2.45, 2.75) is 6.61 Å². The lowest BCUT2D eigenvalue weighted by atomic mass is 10.2. The molecule has 0 aliphatic carbocycles. The van der Waals surface area contributed by atoms with E-state index in [1.54, 1.807) is 17.4 Å². The number of benzene rings is 1. The van der Waals surface area contributed by atoms with Gasteiger partial charge in [-0.15, -0.1) is 11.3 Å². The Bertz CT molecular complexity index is 650. The topological polar surface area (TPSA) is 46.5 Å². The number of rotatable bonds is 5. The first-order chi connectivity index (χ1) is 9.54. The van der Waals surface area contributed by atoms with Crippen molar-refractivity contribution in [2.75, 3.05) is 0 Å². The van der Waals surface area contributed by atoms with Gasteiger partial charge in [0.05, 0.1) is 0 Å². The molecule has 0 fully saturated rings. The van der Waals surface area contributed by atoms with Gasteiger partial charge in [0, 0.05) is 25.3 Å². The van der Waals surface area contributed by atoms with Gasteiger partial charge in [-0.2, -0.15) is 0 Å². The van der Waals surface area contributed by atoms with Gasteiger partial charge >= 0.3 is 5.97 Å². The molecule has 0 unspecified atom stereocenters. The molecule has 1 heterocycles. The molecule has 0 saturated heterocycles. The van der Waals surface area contributed by atoms with Gasteiger partial charge in [-0.25, -0.2) is 4.79 Å². The highest BCUT2D eigenvalue weighted by molar-refractivity contribution is 9.10. The molecule has 1 aromatic heterocycles. The van der Waals surface area contributed by atoms with Crippen LogP contribution < -0.4 is 4.74 Å². The number of carboxylic acid groups (broad SMARTS) is 1. The summed E-state index contributed by atoms with van der Waals surface area (Å²) in [6.45, 7) is 0.486. The molecule has 2 aromatic rings. The quantitative estimate of drug-likeness (QED) is 0.700. The number of hydrogen-bond acceptors (Lipinski definition) is 3. The smallest absolute Gasteiger partial charge is 0.328 e. The summed E-state index contributed by atoms with van der Waals surface area (Å²) in [7, 11) is 0. The van der Waals surface area contributed by atoms with Crippen molar-refractivity contribution in [1.29, 1.82) is 0 Å². The van der Waals surface area contributed by atoms with Gasteiger partial charge in [-0.05, 0) is 51.8 Å². The molecule has 2 rings (SSSR count). The number of carbonyl (C=O) groups is 1. The van der Waals surface area contributed by atoms with Gasteiger partial charge < -0.3 is 9.84 Å². The zero-order chi connectivity index (χ0) is 14.5. The number of carboxylic acids is 1. The highest BCUT2D eigenvalue weighted by atomic mass is 79.9. The lowest BCUT2D eigenvalue weighted by Gasteiger charge is -2.06. The molecule has 0 spiro atoms. The molecule has 0 saturated carbocycles. The zero-order valence-electron chi connectivity index (χ0n) is 10.2. The lowest BCUT2D eigenvalue weighted by molar-refractivity contribution is -0.131. The van der Waals surface area contributed by atoms with Crippen molar-refractivity contribution < 1.29 is 14.6 Å². The molecule has 0 amide bonds. The fourth-order valence-electron chi connectivity index (χ4n) is 1.48. The van der Waals surface area contributed by atoms with Gasteiger partial charge in [0.1, 0.15) is 12.4 Å². The molecule has 0 aliphatic heterocycles. The van der Waals surface area contributed by atoms with Gasteiger partial charge in [0.25, 0.3) is 0 Å². The van der Waals surface area contributed by atoms with Crippen molar-refractivity contribution in [3.05, 3.63) is 55.1 Å². The van der Waals surface area contributed by atoms with E-state index in [1.165, 1.54) is 6.08 Å². The summed E-state index contributed by atoms with van der Waals surface area (Å²) in [4.78, 5) is 11.7. The maximum atomic E-state index is 10.5. The third-order valence-electron chi connectivity index (χ3n) is 2.38. The fourth-order valence-corrected chi connectivity index (χ4v) is 3.23. The Morgan fingerprint density at radius 3 is 2.80 bits per heavy atom. The summed E-state index contributed by atoms with van der Waals surface area (Å²) in [6.07, 6.45) is 2.63. The third-order valence-corrected chi connectivity index (χ3v) is 4.77. The number of aliphatic carboxylic acids is 1. The summed E-state index contributed by atoms with van der Waals surface area (Å²) >= 11 is 8.39. The van der Waals surface area contributed by atoms with Gasteiger partial charge in [0.2, 0.25) is 0 Å². The molecule has 6 heteroatoms. The Balaban J connectivity index is 2.08. The van der Waals surface area contributed by atoms with Crippen LogP contribution >= 0.6 is 43.2 Å². The summed E-state index contributed by atoms with van der Waals surface area (Å²) in [6, 6.07) is 7.48. The maximum Gasteiger partial charge on any atom is 0.328 e. The predicted octanol–water partition coefficient (Wildman–Crippen LogP) is 4.95. The van der Waals surface area contributed by atoms with E-state index in [4.69, 9.17) is 9.84 Å². The predicted molar refractivity (Wildman–Crippen MR) is 87.2 cm³/mol. The van der Waals surface area contributed by atoms with E-state index in [-0.39, 0.29) is 0 Å². The van der Waals surface area contributed by atoms with Crippen LogP contribution in [0, 0.1) is 0 Å². The van der Waals surface area contributed by atoms with Crippen molar-refractivity contribution in [2.24, 2.45) is 0 Å². The summed E-state index contributed by atoms with van der Waals surface area (Å²) in [5.74, 6) is -0.283. The second kappa shape index (κ2) is 7.06. The third kappa shape index (κ3) is 4.47. The van der Waals surface area contributed by atoms with Crippen LogP contribution in [0.5, 0.6) is 5.75 Å². The Kier molecular flexibility index (Phi) is 5.39. The van der Waals surface area contributed by atoms with Gasteiger partial charge in [-0.1, -0.05) is 15.9 Å². The molecular formula is C14H10Br2O3S. The second-order valence-electron chi connectivity index (χ2n) is 3.87. The monoisotopic (exact) mass is 416 g/mol. The van der Waals surface area contributed by atoms with Crippen LogP contribution in [0.25, 0.3) is 6.08 Å². The van der Waals surface area contributed by atoms with Crippen LogP contribution in [0.15, 0.2) is 44.7 Å². The van der Waals surface area contributed by atoms with E-state index in [2.05, 4.69) is 31.9 Å². The number of ether oxygens (including phenoxy) is 1. The van der Waals surface area contributed by atoms with E-state index in [0.717, 1.165) is 25.5 Å². The normalized spacial score (nSPS) is 10.9. The van der Waals surface area contributed by atoms with Crippen LogP contribution in [0.3, 0.4) is 0 Å². The number of thiophene rings is 1. The van der Waals surface area contributed by atoms with Crippen molar-refractivity contribution >= 4 is 55.2 Å². The molecule has 20 heavy (non-hydrogen) atoms. The van der Waals surface area contributed by atoms with E-state index in [9.17, 15) is 4.79 Å². The van der Waals surface area contributed by atoms with Gasteiger partial charge in [0.15, 0.2) is 0 Å². The van der Waals surface area contributed by atoms with Crippen molar-refractivity contribution in [1.82, 2.24) is 0 Å². The molecule has 0 bridgehead atoms. The highest BCUT2D eigenvalue weighted by Crippen LogP contribution is 2.26. The largest absolute Gasteiger partial charge is 0.488 e. The molecule has 0 aliphatic rings. The van der Waals surface area contributed by atoms with E-state index >= 15 is 0 Å². The average molecular weight is 418 g/mol. The highest BCUT2D eigenvalue weighted by Gasteiger charge is 2.03. The average Bonchev–Trinajstić information content (AvgIpc) is 2.82. The summed E-state index contributed by atoms with van der Waals surface area (Å²) in [5, 5.41) is 10.7. The molecular weight excluding hydrogens is 408 g/mol. The zero-order valence-corrected chi connectivity index (χ0v) is 14.2. The van der Waals surface area contributed by atoms with E-state index < -0.39 is 5.97 Å². The minimum absolute atomic E-state index is 0.486. The first-order valence-corrected chi connectivity index (χ1v) is 8.07. The van der Waals surface area contributed by atoms with E-state index in [0.29, 0.717) is 12.4 Å². The van der Waals surface area contributed by atoms with Crippen LogP contribution in [-0.4, -0.2) is 11.1 Å². The van der Waals surface area contributed by atoms with Crippen molar-refractivity contribution in [3.63, 3.8) is 0 Å². The Morgan fingerprint density at radius 2 is 2.15 bits per heavy atom. The first-order valence-electron chi connectivity index (χ1n) is 5.61. The minimum Gasteiger partial charge on any atom is -0.488 e. The molecule has 0 atom stereocenters. The molecule has 1 aromatic carbocycles. The Hall–Kier alpha value is -1.11. The standard InChI is InChI=1S/C14H10Br2O3S/c15-10-6-12(20-8-10)7-19-11-2-3-13(16)9(5-11)1-4-14(17)18/h1-6,8H,7H2,(H,17,18)/b4-1+. The Labute approximate surface area is 137 Å². The first kappa shape index (κ1) is 15.3. The fraction of sp³-hybridized carbons (Fsp3) is 0.0714. The molecule has 104 valence electrons. The van der Waals surface area contributed by atoms with Crippen LogP contribution in [0.2, 0.25) is 0 Å². The number of hydrogen-bond donors (Lipinski definition) is 1.